The summed E-state index contributed by atoms with van der Waals surface area (Å²) in [5.41, 5.74) is 3.67. The number of aryl methyl sites for hydroxylation is 1. The zero-order chi connectivity index (χ0) is 17.6. The number of carbonyl (C=O) groups excluding carboxylic acids is 2. The third-order valence-corrected chi connectivity index (χ3v) is 6.18. The van der Waals surface area contributed by atoms with Crippen molar-refractivity contribution in [3.05, 3.63) is 23.8 Å². The van der Waals surface area contributed by atoms with Gasteiger partial charge in [-0.15, -0.1) is 0 Å². The van der Waals surface area contributed by atoms with Crippen LogP contribution in [0.25, 0.3) is 0 Å². The standard InChI is InChI=1S/C20H26N2O3/c1-13-8-15(5-6-17(13)22-7-3-4-18(22)23)21-16-11-20(12-16)9-14(10-20)19(24)25-2/h5-6,8,14,16,21H,3-4,7,9-12H2,1-2H3. The fraction of sp³-hybridized carbons (Fsp3) is 0.600. The van der Waals surface area contributed by atoms with Crippen molar-refractivity contribution in [1.29, 1.82) is 0 Å². The number of carbonyl (C=O) groups is 2. The molecule has 1 heterocycles. The molecule has 0 radical (unpaired) electrons. The highest BCUT2D eigenvalue weighted by Crippen LogP contribution is 2.59. The number of methoxy groups -OCH3 is 1. The van der Waals surface area contributed by atoms with Gasteiger partial charge in [-0.2, -0.15) is 0 Å². The van der Waals surface area contributed by atoms with Gasteiger partial charge in [-0.3, -0.25) is 9.59 Å². The molecule has 25 heavy (non-hydrogen) atoms. The van der Waals surface area contributed by atoms with Crippen LogP contribution in [0.5, 0.6) is 0 Å². The SMILES string of the molecule is COC(=O)C1CC2(CC(Nc3ccc(N4CCCC4=O)c(C)c3)C2)C1. The minimum Gasteiger partial charge on any atom is -0.469 e. The molecule has 2 saturated carbocycles. The van der Waals surface area contributed by atoms with Crippen LogP contribution in [0.4, 0.5) is 11.4 Å². The van der Waals surface area contributed by atoms with Crippen LogP contribution in [0.2, 0.25) is 0 Å². The molecule has 1 aliphatic heterocycles. The Hall–Kier alpha value is -2.04. The van der Waals surface area contributed by atoms with Crippen LogP contribution >= 0.6 is 0 Å². The topological polar surface area (TPSA) is 58.6 Å². The predicted molar refractivity (Wildman–Crippen MR) is 96.6 cm³/mol. The first-order valence-corrected chi connectivity index (χ1v) is 9.25. The third kappa shape index (κ3) is 2.90. The molecule has 1 saturated heterocycles. The molecule has 5 nitrogen and oxygen atoms in total. The number of nitrogens with one attached hydrogen (secondary N) is 1. The van der Waals surface area contributed by atoms with E-state index in [0.29, 0.717) is 17.9 Å². The van der Waals surface area contributed by atoms with Gasteiger partial charge in [-0.25, -0.2) is 0 Å². The molecule has 1 spiro atoms. The van der Waals surface area contributed by atoms with E-state index in [1.165, 1.54) is 7.11 Å². The van der Waals surface area contributed by atoms with Gasteiger partial charge in [-0.05, 0) is 68.2 Å². The maximum atomic E-state index is 11.9. The Morgan fingerprint density at radius 1 is 1.28 bits per heavy atom. The predicted octanol–water partition coefficient (Wildman–Crippen LogP) is 3.27. The monoisotopic (exact) mass is 342 g/mol. The number of amides is 1. The second-order valence-corrected chi connectivity index (χ2v) is 8.03. The Kier molecular flexibility index (Phi) is 3.97. The lowest BCUT2D eigenvalue weighted by atomic mass is 9.50. The third-order valence-electron chi connectivity index (χ3n) is 6.18. The van der Waals surface area contributed by atoms with Gasteiger partial charge >= 0.3 is 5.97 Å². The molecule has 3 fully saturated rings. The summed E-state index contributed by atoms with van der Waals surface area (Å²) in [5.74, 6) is 0.296. The number of esters is 1. The number of benzene rings is 1. The van der Waals surface area contributed by atoms with Crippen molar-refractivity contribution < 1.29 is 14.3 Å². The molecule has 1 aromatic rings. The van der Waals surface area contributed by atoms with Gasteiger partial charge in [0.15, 0.2) is 0 Å². The second-order valence-electron chi connectivity index (χ2n) is 8.03. The molecular weight excluding hydrogens is 316 g/mol. The molecule has 1 amide bonds. The van der Waals surface area contributed by atoms with Crippen molar-refractivity contribution in [1.82, 2.24) is 0 Å². The van der Waals surface area contributed by atoms with E-state index in [1.54, 1.807) is 0 Å². The van der Waals surface area contributed by atoms with Crippen LogP contribution in [-0.2, 0) is 14.3 Å². The molecular formula is C20H26N2O3. The first-order chi connectivity index (χ1) is 12.0. The van der Waals surface area contributed by atoms with Gasteiger partial charge in [-0.1, -0.05) is 0 Å². The number of nitrogens with zero attached hydrogens (tertiary/aromatic N) is 1. The van der Waals surface area contributed by atoms with Crippen molar-refractivity contribution in [3.8, 4) is 0 Å². The average molecular weight is 342 g/mol. The molecule has 2 aliphatic carbocycles. The first kappa shape index (κ1) is 16.4. The summed E-state index contributed by atoms with van der Waals surface area (Å²) in [6.45, 7) is 2.90. The Balaban J connectivity index is 1.32. The molecule has 0 atom stereocenters. The van der Waals surface area contributed by atoms with E-state index in [1.807, 2.05) is 4.90 Å². The Bertz CT molecular complexity index is 701. The molecule has 0 unspecified atom stereocenters. The molecule has 3 aliphatic rings. The van der Waals surface area contributed by atoms with Crippen molar-refractivity contribution in [2.45, 2.75) is 51.5 Å². The first-order valence-electron chi connectivity index (χ1n) is 9.25. The summed E-state index contributed by atoms with van der Waals surface area (Å²) < 4.78 is 4.83. The molecule has 1 aromatic carbocycles. The number of rotatable bonds is 4. The van der Waals surface area contributed by atoms with Crippen LogP contribution in [0.1, 0.15) is 44.1 Å². The quantitative estimate of drug-likeness (QED) is 0.853. The fourth-order valence-electron chi connectivity index (χ4n) is 4.93. The maximum Gasteiger partial charge on any atom is 0.308 e. The molecule has 134 valence electrons. The van der Waals surface area contributed by atoms with E-state index in [0.717, 1.165) is 55.6 Å². The molecule has 0 bridgehead atoms. The van der Waals surface area contributed by atoms with Crippen molar-refractivity contribution in [3.63, 3.8) is 0 Å². The van der Waals surface area contributed by atoms with Gasteiger partial charge < -0.3 is 15.0 Å². The Labute approximate surface area is 148 Å². The molecule has 1 N–H and O–H groups in total. The summed E-state index contributed by atoms with van der Waals surface area (Å²) >= 11 is 0. The Morgan fingerprint density at radius 2 is 2.04 bits per heavy atom. The van der Waals surface area contributed by atoms with E-state index < -0.39 is 0 Å². The summed E-state index contributed by atoms with van der Waals surface area (Å²) in [6, 6.07) is 6.77. The van der Waals surface area contributed by atoms with Gasteiger partial charge in [0.1, 0.15) is 0 Å². The van der Waals surface area contributed by atoms with Crippen molar-refractivity contribution >= 4 is 23.3 Å². The smallest absolute Gasteiger partial charge is 0.308 e. The lowest BCUT2D eigenvalue weighted by Crippen LogP contribution is -2.54. The zero-order valence-electron chi connectivity index (χ0n) is 15.0. The maximum absolute atomic E-state index is 11.9. The second kappa shape index (κ2) is 6.04. The Morgan fingerprint density at radius 3 is 2.64 bits per heavy atom. The van der Waals surface area contributed by atoms with Crippen LogP contribution in [0.3, 0.4) is 0 Å². The largest absolute Gasteiger partial charge is 0.469 e. The van der Waals surface area contributed by atoms with E-state index in [2.05, 4.69) is 30.4 Å². The van der Waals surface area contributed by atoms with E-state index >= 15 is 0 Å². The van der Waals surface area contributed by atoms with Crippen LogP contribution < -0.4 is 10.2 Å². The van der Waals surface area contributed by atoms with Crippen LogP contribution in [0, 0.1) is 18.3 Å². The fourth-order valence-corrected chi connectivity index (χ4v) is 4.93. The van der Waals surface area contributed by atoms with Gasteiger partial charge in [0.05, 0.1) is 13.0 Å². The number of anilines is 2. The van der Waals surface area contributed by atoms with Gasteiger partial charge in [0.2, 0.25) is 5.91 Å². The average Bonchev–Trinajstić information content (AvgIpc) is 2.93. The van der Waals surface area contributed by atoms with E-state index in [4.69, 9.17) is 4.74 Å². The highest BCUT2D eigenvalue weighted by molar-refractivity contribution is 5.96. The van der Waals surface area contributed by atoms with Gasteiger partial charge in [0, 0.05) is 30.4 Å². The van der Waals surface area contributed by atoms with Crippen molar-refractivity contribution in [2.24, 2.45) is 11.3 Å². The summed E-state index contributed by atoms with van der Waals surface area (Å²) in [6.07, 6.45) is 5.84. The van der Waals surface area contributed by atoms with E-state index in [-0.39, 0.29) is 17.8 Å². The van der Waals surface area contributed by atoms with Gasteiger partial charge in [0.25, 0.3) is 0 Å². The number of hydrogen-bond donors (Lipinski definition) is 1. The van der Waals surface area contributed by atoms with Crippen LogP contribution in [-0.4, -0.2) is 31.6 Å². The van der Waals surface area contributed by atoms with E-state index in [9.17, 15) is 9.59 Å². The molecule has 0 aromatic heterocycles. The molecule has 5 heteroatoms. The van der Waals surface area contributed by atoms with Crippen LogP contribution in [0.15, 0.2) is 18.2 Å². The molecule has 4 rings (SSSR count). The lowest BCUT2D eigenvalue weighted by molar-refractivity contribution is -0.158. The minimum atomic E-state index is -0.0512. The van der Waals surface area contributed by atoms with Crippen molar-refractivity contribution in [2.75, 3.05) is 23.9 Å². The summed E-state index contributed by atoms with van der Waals surface area (Å²) in [4.78, 5) is 25.4. The zero-order valence-corrected chi connectivity index (χ0v) is 15.0. The normalized spacial score (nSPS) is 30.8. The number of hydrogen-bond acceptors (Lipinski definition) is 4. The summed E-state index contributed by atoms with van der Waals surface area (Å²) in [5, 5.41) is 3.61. The summed E-state index contributed by atoms with van der Waals surface area (Å²) in [7, 11) is 1.47. The minimum absolute atomic E-state index is 0.0512. The highest BCUT2D eigenvalue weighted by Gasteiger charge is 2.55. The lowest BCUT2D eigenvalue weighted by Gasteiger charge is -2.57. The number of ether oxygens (including phenoxy) is 1. The highest BCUT2D eigenvalue weighted by atomic mass is 16.5.